The number of para-hydroxylation sites is 1. The van der Waals surface area contributed by atoms with Gasteiger partial charge >= 0.3 is 0 Å². The Morgan fingerprint density at radius 2 is 1.57 bits per heavy atom. The maximum absolute atomic E-state index is 12.4. The molecule has 0 unspecified atom stereocenters. The van der Waals surface area contributed by atoms with Crippen molar-refractivity contribution in [1.29, 1.82) is 0 Å². The fourth-order valence-corrected chi connectivity index (χ4v) is 3.09. The van der Waals surface area contributed by atoms with Crippen LogP contribution in [0.25, 0.3) is 16.8 Å². The van der Waals surface area contributed by atoms with Crippen molar-refractivity contribution in [3.8, 4) is 16.8 Å². The zero-order valence-electron chi connectivity index (χ0n) is 11.0. The lowest BCUT2D eigenvalue weighted by atomic mass is 10.1. The Labute approximate surface area is 135 Å². The quantitative estimate of drug-likeness (QED) is 0.595. The summed E-state index contributed by atoms with van der Waals surface area (Å²) in [5.74, 6) is 0. The molecule has 3 aromatic rings. The highest BCUT2D eigenvalue weighted by Gasteiger charge is 2.09. The summed E-state index contributed by atoms with van der Waals surface area (Å²) in [4.78, 5) is 12.4. The third-order valence-corrected chi connectivity index (χ3v) is 4.10. The van der Waals surface area contributed by atoms with Crippen molar-refractivity contribution in [2.45, 2.75) is 0 Å². The molecular weight excluding hydrogens is 350 g/mol. The summed E-state index contributed by atoms with van der Waals surface area (Å²) in [6.07, 6.45) is 0. The molecule has 104 valence electrons. The van der Waals surface area contributed by atoms with E-state index < -0.39 is 0 Å². The van der Waals surface area contributed by atoms with Crippen LogP contribution in [0.2, 0.25) is 5.02 Å². The molecule has 2 nitrogen and oxygen atoms in total. The van der Waals surface area contributed by atoms with Gasteiger partial charge in [-0.05, 0) is 45.8 Å². The molecule has 0 N–H and O–H groups in total. The Morgan fingerprint density at radius 1 is 0.905 bits per heavy atom. The minimum atomic E-state index is -0.106. The van der Waals surface area contributed by atoms with Crippen molar-refractivity contribution in [3.05, 3.63) is 86.7 Å². The number of halogens is 2. The summed E-state index contributed by atoms with van der Waals surface area (Å²) < 4.78 is 2.30. The van der Waals surface area contributed by atoms with Gasteiger partial charge in [0.15, 0.2) is 0 Å². The van der Waals surface area contributed by atoms with Gasteiger partial charge in [-0.1, -0.05) is 48.0 Å². The molecule has 4 heteroatoms. The standard InChI is InChI=1S/C17H11BrClNO/c18-16-10-12(14-8-4-5-9-15(14)19)11-17(21)20(16)13-6-2-1-3-7-13/h1-11H. The number of benzene rings is 2. The van der Waals surface area contributed by atoms with E-state index in [0.717, 1.165) is 16.8 Å². The molecule has 0 bridgehead atoms. The number of nitrogens with zero attached hydrogens (tertiary/aromatic N) is 1. The SMILES string of the molecule is O=c1cc(-c2ccccc2Cl)cc(Br)n1-c1ccccc1. The first kappa shape index (κ1) is 14.1. The maximum atomic E-state index is 12.4. The Bertz CT molecular complexity index is 843. The average molecular weight is 361 g/mol. The molecular formula is C17H11BrClNO. The van der Waals surface area contributed by atoms with Crippen LogP contribution in [0, 0.1) is 0 Å². The van der Waals surface area contributed by atoms with Crippen molar-refractivity contribution < 1.29 is 0 Å². The predicted octanol–water partition coefficient (Wildman–Crippen LogP) is 4.92. The number of hydrogen-bond donors (Lipinski definition) is 0. The van der Waals surface area contributed by atoms with Crippen molar-refractivity contribution in [2.24, 2.45) is 0 Å². The minimum Gasteiger partial charge on any atom is -0.271 e. The second-order valence-corrected chi connectivity index (χ2v) is 5.78. The van der Waals surface area contributed by atoms with Gasteiger partial charge in [0.25, 0.3) is 5.56 Å². The number of hydrogen-bond acceptors (Lipinski definition) is 1. The number of pyridine rings is 1. The zero-order valence-corrected chi connectivity index (χ0v) is 13.3. The van der Waals surface area contributed by atoms with Crippen molar-refractivity contribution in [3.63, 3.8) is 0 Å². The lowest BCUT2D eigenvalue weighted by Gasteiger charge is -2.11. The van der Waals surface area contributed by atoms with E-state index in [9.17, 15) is 4.79 Å². The van der Waals surface area contributed by atoms with Crippen molar-refractivity contribution in [1.82, 2.24) is 4.57 Å². The van der Waals surface area contributed by atoms with Crippen LogP contribution in [0.1, 0.15) is 0 Å². The molecule has 0 saturated heterocycles. The summed E-state index contributed by atoms with van der Waals surface area (Å²) in [5, 5.41) is 0.626. The molecule has 0 amide bonds. The van der Waals surface area contributed by atoms with Crippen LogP contribution in [0.15, 0.2) is 76.1 Å². The highest BCUT2D eigenvalue weighted by molar-refractivity contribution is 9.10. The van der Waals surface area contributed by atoms with Crippen LogP contribution in [0.3, 0.4) is 0 Å². The molecule has 0 saturated carbocycles. The second-order valence-electron chi connectivity index (χ2n) is 4.56. The van der Waals surface area contributed by atoms with Gasteiger partial charge in [0.1, 0.15) is 0 Å². The Kier molecular flexibility index (Phi) is 3.95. The van der Waals surface area contributed by atoms with Crippen LogP contribution in [-0.2, 0) is 0 Å². The molecule has 1 aromatic heterocycles. The fraction of sp³-hybridized carbons (Fsp3) is 0. The molecule has 0 aliphatic heterocycles. The maximum Gasteiger partial charge on any atom is 0.256 e. The average Bonchev–Trinajstić information content (AvgIpc) is 2.48. The predicted molar refractivity (Wildman–Crippen MR) is 90.2 cm³/mol. The third-order valence-electron chi connectivity index (χ3n) is 3.19. The van der Waals surface area contributed by atoms with E-state index in [1.165, 1.54) is 0 Å². The summed E-state index contributed by atoms with van der Waals surface area (Å²) in [6.45, 7) is 0. The highest BCUT2D eigenvalue weighted by atomic mass is 79.9. The van der Waals surface area contributed by atoms with Gasteiger partial charge in [0, 0.05) is 22.3 Å². The Hall–Kier alpha value is -1.84. The van der Waals surface area contributed by atoms with Crippen LogP contribution in [-0.4, -0.2) is 4.57 Å². The molecule has 0 aliphatic carbocycles. The van der Waals surface area contributed by atoms with Gasteiger partial charge < -0.3 is 0 Å². The second kappa shape index (κ2) is 5.88. The molecule has 1 heterocycles. The Balaban J connectivity index is 2.18. The summed E-state index contributed by atoms with van der Waals surface area (Å²) in [5.41, 5.74) is 2.35. The van der Waals surface area contributed by atoms with Gasteiger partial charge in [-0.3, -0.25) is 9.36 Å². The molecule has 0 radical (unpaired) electrons. The zero-order chi connectivity index (χ0) is 14.8. The van der Waals surface area contributed by atoms with E-state index in [1.807, 2.05) is 60.7 Å². The molecule has 3 rings (SSSR count). The lowest BCUT2D eigenvalue weighted by molar-refractivity contribution is 0.961. The molecule has 2 aromatic carbocycles. The summed E-state index contributed by atoms with van der Waals surface area (Å²) >= 11 is 9.67. The van der Waals surface area contributed by atoms with Crippen molar-refractivity contribution in [2.75, 3.05) is 0 Å². The van der Waals surface area contributed by atoms with Crippen LogP contribution in [0.4, 0.5) is 0 Å². The molecule has 0 atom stereocenters. The summed E-state index contributed by atoms with van der Waals surface area (Å²) in [7, 11) is 0. The number of rotatable bonds is 2. The molecule has 0 spiro atoms. The first-order valence-electron chi connectivity index (χ1n) is 6.40. The van der Waals surface area contributed by atoms with Crippen LogP contribution >= 0.6 is 27.5 Å². The van der Waals surface area contributed by atoms with Gasteiger partial charge in [0.2, 0.25) is 0 Å². The van der Waals surface area contributed by atoms with E-state index in [1.54, 1.807) is 10.6 Å². The summed E-state index contributed by atoms with van der Waals surface area (Å²) in [6, 6.07) is 20.5. The van der Waals surface area contributed by atoms with E-state index in [2.05, 4.69) is 15.9 Å². The first-order valence-corrected chi connectivity index (χ1v) is 7.57. The Morgan fingerprint density at radius 3 is 2.24 bits per heavy atom. The van der Waals surface area contributed by atoms with Gasteiger partial charge in [-0.15, -0.1) is 0 Å². The van der Waals surface area contributed by atoms with Crippen molar-refractivity contribution >= 4 is 27.5 Å². The van der Waals surface area contributed by atoms with E-state index in [-0.39, 0.29) is 5.56 Å². The highest BCUT2D eigenvalue weighted by Crippen LogP contribution is 2.28. The molecule has 0 fully saturated rings. The van der Waals surface area contributed by atoms with E-state index >= 15 is 0 Å². The van der Waals surface area contributed by atoms with Gasteiger partial charge in [-0.25, -0.2) is 0 Å². The van der Waals surface area contributed by atoms with Gasteiger partial charge in [0.05, 0.1) is 4.60 Å². The van der Waals surface area contributed by atoms with Crippen LogP contribution < -0.4 is 5.56 Å². The largest absolute Gasteiger partial charge is 0.271 e. The topological polar surface area (TPSA) is 22.0 Å². The first-order chi connectivity index (χ1) is 10.2. The third kappa shape index (κ3) is 2.80. The van der Waals surface area contributed by atoms with E-state index in [4.69, 9.17) is 11.6 Å². The fourth-order valence-electron chi connectivity index (χ4n) is 2.22. The normalized spacial score (nSPS) is 10.6. The monoisotopic (exact) mass is 359 g/mol. The van der Waals surface area contributed by atoms with Crippen LogP contribution in [0.5, 0.6) is 0 Å². The smallest absolute Gasteiger partial charge is 0.256 e. The molecule has 0 aliphatic rings. The number of aromatic nitrogens is 1. The lowest BCUT2D eigenvalue weighted by Crippen LogP contribution is -2.18. The van der Waals surface area contributed by atoms with E-state index in [0.29, 0.717) is 9.63 Å². The minimum absolute atomic E-state index is 0.106. The van der Waals surface area contributed by atoms with Gasteiger partial charge in [-0.2, -0.15) is 0 Å². The molecule has 21 heavy (non-hydrogen) atoms.